The molecule has 0 aliphatic rings. The standard InChI is InChI=1S/C13H18BrN5O2/c1-9-10(7-16-18(9)2)6-15-11-8-17-19(4-5-21-3)13(20)12(11)14/h7-8,15H,4-6H2,1-3H3. The second-order valence-corrected chi connectivity index (χ2v) is 5.42. The Labute approximate surface area is 131 Å². The van der Waals surface area contributed by atoms with Crippen LogP contribution in [0.2, 0.25) is 0 Å². The van der Waals surface area contributed by atoms with Crippen LogP contribution < -0.4 is 10.9 Å². The fourth-order valence-electron chi connectivity index (χ4n) is 1.83. The minimum absolute atomic E-state index is 0.181. The van der Waals surface area contributed by atoms with E-state index < -0.39 is 0 Å². The number of rotatable bonds is 6. The van der Waals surface area contributed by atoms with Gasteiger partial charge < -0.3 is 10.1 Å². The Morgan fingerprint density at radius 3 is 2.76 bits per heavy atom. The molecule has 2 aromatic heterocycles. The fraction of sp³-hybridized carbons (Fsp3) is 0.462. The molecule has 0 saturated carbocycles. The van der Waals surface area contributed by atoms with Gasteiger partial charge in [-0.05, 0) is 22.9 Å². The van der Waals surface area contributed by atoms with Crippen molar-refractivity contribution in [2.75, 3.05) is 19.0 Å². The SMILES string of the molecule is COCCn1ncc(NCc2cnn(C)c2C)c(Br)c1=O. The lowest BCUT2D eigenvalue weighted by Crippen LogP contribution is -2.26. The molecule has 0 spiro atoms. The van der Waals surface area contributed by atoms with E-state index in [9.17, 15) is 4.79 Å². The maximum absolute atomic E-state index is 12.1. The number of aryl methyl sites for hydroxylation is 1. The van der Waals surface area contributed by atoms with Gasteiger partial charge in [-0.25, -0.2) is 4.68 Å². The minimum Gasteiger partial charge on any atom is -0.383 e. The molecular formula is C13H18BrN5O2. The zero-order valence-electron chi connectivity index (χ0n) is 12.3. The van der Waals surface area contributed by atoms with Gasteiger partial charge in [-0.1, -0.05) is 0 Å². The van der Waals surface area contributed by atoms with Gasteiger partial charge in [0.25, 0.3) is 5.56 Å². The number of nitrogens with zero attached hydrogens (tertiary/aromatic N) is 4. The highest BCUT2D eigenvalue weighted by atomic mass is 79.9. The van der Waals surface area contributed by atoms with Crippen molar-refractivity contribution < 1.29 is 4.74 Å². The first-order valence-electron chi connectivity index (χ1n) is 6.50. The number of hydrogen-bond donors (Lipinski definition) is 1. The monoisotopic (exact) mass is 355 g/mol. The average Bonchev–Trinajstić information content (AvgIpc) is 2.79. The minimum atomic E-state index is -0.181. The van der Waals surface area contributed by atoms with Crippen LogP contribution in [0.5, 0.6) is 0 Å². The van der Waals surface area contributed by atoms with Crippen LogP contribution in [-0.4, -0.2) is 33.3 Å². The largest absolute Gasteiger partial charge is 0.383 e. The quantitative estimate of drug-likeness (QED) is 0.845. The van der Waals surface area contributed by atoms with E-state index in [1.54, 1.807) is 13.3 Å². The zero-order chi connectivity index (χ0) is 15.4. The van der Waals surface area contributed by atoms with E-state index in [-0.39, 0.29) is 5.56 Å². The van der Waals surface area contributed by atoms with Gasteiger partial charge in [0.1, 0.15) is 4.47 Å². The van der Waals surface area contributed by atoms with Gasteiger partial charge in [-0.2, -0.15) is 10.2 Å². The number of aromatic nitrogens is 4. The number of anilines is 1. The second kappa shape index (κ2) is 6.86. The maximum Gasteiger partial charge on any atom is 0.283 e. The van der Waals surface area contributed by atoms with Crippen molar-refractivity contribution in [2.24, 2.45) is 7.05 Å². The summed E-state index contributed by atoms with van der Waals surface area (Å²) in [5.74, 6) is 0. The molecule has 114 valence electrons. The van der Waals surface area contributed by atoms with Gasteiger partial charge in [0.15, 0.2) is 0 Å². The highest BCUT2D eigenvalue weighted by molar-refractivity contribution is 9.10. The molecule has 2 rings (SSSR count). The normalized spacial score (nSPS) is 10.9. The first-order valence-corrected chi connectivity index (χ1v) is 7.29. The Hall–Kier alpha value is -1.67. The van der Waals surface area contributed by atoms with Gasteiger partial charge in [-0.15, -0.1) is 0 Å². The lowest BCUT2D eigenvalue weighted by Gasteiger charge is -2.10. The van der Waals surface area contributed by atoms with Gasteiger partial charge in [-0.3, -0.25) is 9.48 Å². The summed E-state index contributed by atoms with van der Waals surface area (Å²) >= 11 is 3.32. The van der Waals surface area contributed by atoms with Crippen LogP contribution in [0.15, 0.2) is 21.7 Å². The Bertz CT molecular complexity index is 680. The molecule has 0 atom stereocenters. The highest BCUT2D eigenvalue weighted by Gasteiger charge is 2.10. The molecule has 0 bridgehead atoms. The molecule has 0 saturated heterocycles. The lowest BCUT2D eigenvalue weighted by atomic mass is 10.2. The molecule has 0 aliphatic heterocycles. The van der Waals surface area contributed by atoms with E-state index in [1.807, 2.05) is 24.9 Å². The zero-order valence-corrected chi connectivity index (χ0v) is 13.8. The highest BCUT2D eigenvalue weighted by Crippen LogP contribution is 2.17. The van der Waals surface area contributed by atoms with E-state index >= 15 is 0 Å². The number of hydrogen-bond acceptors (Lipinski definition) is 5. The molecule has 0 amide bonds. The Morgan fingerprint density at radius 1 is 1.38 bits per heavy atom. The molecule has 21 heavy (non-hydrogen) atoms. The second-order valence-electron chi connectivity index (χ2n) is 4.63. The topological polar surface area (TPSA) is 74.0 Å². The van der Waals surface area contributed by atoms with Crippen molar-refractivity contribution in [3.05, 3.63) is 38.5 Å². The van der Waals surface area contributed by atoms with E-state index in [2.05, 4.69) is 31.4 Å². The summed E-state index contributed by atoms with van der Waals surface area (Å²) in [5.41, 5.74) is 2.64. The Morgan fingerprint density at radius 2 is 2.14 bits per heavy atom. The molecule has 0 aliphatic carbocycles. The average molecular weight is 356 g/mol. The summed E-state index contributed by atoms with van der Waals surface area (Å²) in [5, 5.41) is 11.5. The maximum atomic E-state index is 12.1. The molecule has 0 aromatic carbocycles. The van der Waals surface area contributed by atoms with Crippen LogP contribution >= 0.6 is 15.9 Å². The van der Waals surface area contributed by atoms with E-state index in [1.165, 1.54) is 4.68 Å². The van der Waals surface area contributed by atoms with E-state index in [0.717, 1.165) is 11.3 Å². The molecule has 0 radical (unpaired) electrons. The smallest absolute Gasteiger partial charge is 0.283 e. The van der Waals surface area contributed by atoms with E-state index in [4.69, 9.17) is 4.74 Å². The molecule has 0 fully saturated rings. The molecule has 1 N–H and O–H groups in total. The van der Waals surface area contributed by atoms with Gasteiger partial charge in [0.2, 0.25) is 0 Å². The third-order valence-corrected chi connectivity index (χ3v) is 4.06. The van der Waals surface area contributed by atoms with E-state index in [0.29, 0.717) is 29.9 Å². The lowest BCUT2D eigenvalue weighted by molar-refractivity contribution is 0.181. The summed E-state index contributed by atoms with van der Waals surface area (Å²) in [7, 11) is 3.49. The van der Waals surface area contributed by atoms with Crippen LogP contribution in [0.3, 0.4) is 0 Å². The van der Waals surface area contributed by atoms with Crippen molar-refractivity contribution in [1.82, 2.24) is 19.6 Å². The van der Waals surface area contributed by atoms with Crippen molar-refractivity contribution >= 4 is 21.6 Å². The predicted molar refractivity (Wildman–Crippen MR) is 83.3 cm³/mol. The number of nitrogens with one attached hydrogen (secondary N) is 1. The van der Waals surface area contributed by atoms with Crippen LogP contribution in [0.4, 0.5) is 5.69 Å². The first kappa shape index (κ1) is 15.7. The molecule has 0 unspecified atom stereocenters. The summed E-state index contributed by atoms with van der Waals surface area (Å²) in [6.07, 6.45) is 3.44. The molecule has 2 aromatic rings. The fourth-order valence-corrected chi connectivity index (χ4v) is 2.28. The molecule has 7 nitrogen and oxygen atoms in total. The predicted octanol–water partition coefficient (Wildman–Crippen LogP) is 1.31. The van der Waals surface area contributed by atoms with Crippen molar-refractivity contribution in [2.45, 2.75) is 20.0 Å². The number of ether oxygens (including phenoxy) is 1. The van der Waals surface area contributed by atoms with Crippen molar-refractivity contribution in [3.63, 3.8) is 0 Å². The first-order chi connectivity index (χ1) is 10.0. The van der Waals surface area contributed by atoms with Gasteiger partial charge in [0, 0.05) is 32.0 Å². The van der Waals surface area contributed by atoms with Gasteiger partial charge in [0.05, 0.1) is 31.2 Å². The third-order valence-electron chi connectivity index (χ3n) is 3.30. The summed E-state index contributed by atoms with van der Waals surface area (Å²) in [4.78, 5) is 12.1. The van der Waals surface area contributed by atoms with Crippen LogP contribution in [-0.2, 0) is 24.9 Å². The van der Waals surface area contributed by atoms with Crippen LogP contribution in [0.25, 0.3) is 0 Å². The number of halogens is 1. The summed E-state index contributed by atoms with van der Waals surface area (Å²) in [6, 6.07) is 0. The molecule has 8 heteroatoms. The number of methoxy groups -OCH3 is 1. The Balaban J connectivity index is 2.12. The van der Waals surface area contributed by atoms with Crippen LogP contribution in [0.1, 0.15) is 11.3 Å². The van der Waals surface area contributed by atoms with Crippen molar-refractivity contribution in [3.8, 4) is 0 Å². The van der Waals surface area contributed by atoms with Crippen LogP contribution in [0, 0.1) is 6.92 Å². The summed E-state index contributed by atoms with van der Waals surface area (Å²) < 4.78 is 8.60. The van der Waals surface area contributed by atoms with Crippen molar-refractivity contribution in [1.29, 1.82) is 0 Å². The van der Waals surface area contributed by atoms with Gasteiger partial charge >= 0.3 is 0 Å². The summed E-state index contributed by atoms with van der Waals surface area (Å²) in [6.45, 7) is 3.46. The molecular weight excluding hydrogens is 338 g/mol. The third kappa shape index (κ3) is 3.51. The molecule has 2 heterocycles. The Kier molecular flexibility index (Phi) is 5.13.